The minimum Gasteiger partial charge on any atom is -0.386 e. The number of ether oxygens (including phenoxy) is 1. The lowest BCUT2D eigenvalue weighted by molar-refractivity contribution is -0.119. The molecule has 7 N–H and O–H groups in total. The molecule has 15 heteroatoms. The van der Waals surface area contributed by atoms with Crippen LogP contribution in [0.4, 0.5) is 11.8 Å². The van der Waals surface area contributed by atoms with Crippen LogP contribution in [-0.4, -0.2) is 75.6 Å². The predicted octanol–water partition coefficient (Wildman–Crippen LogP) is 1.14. The fourth-order valence-corrected chi connectivity index (χ4v) is 4.31. The van der Waals surface area contributed by atoms with Gasteiger partial charge in [0.15, 0.2) is 23.2 Å². The van der Waals surface area contributed by atoms with Crippen molar-refractivity contribution in [3.63, 3.8) is 0 Å². The van der Waals surface area contributed by atoms with Gasteiger partial charge < -0.3 is 26.6 Å². The van der Waals surface area contributed by atoms with Crippen molar-refractivity contribution in [2.45, 2.75) is 51.0 Å². The molecule has 3 rings (SSSR count). The van der Waals surface area contributed by atoms with E-state index in [1.165, 1.54) is 0 Å². The number of hydrogen-bond donors (Lipinski definition) is 5. The molecule has 32 heavy (non-hydrogen) atoms. The Kier molecular flexibility index (Phi) is 8.87. The van der Waals surface area contributed by atoms with Crippen LogP contribution in [0.1, 0.15) is 38.8 Å². The maximum absolute atomic E-state index is 10.9. The number of nitrogens with two attached hydrogens (primary N) is 2. The highest BCUT2D eigenvalue weighted by atomic mass is 35.5. The molecule has 12 nitrogen and oxygen atoms in total. The van der Waals surface area contributed by atoms with Gasteiger partial charge in [-0.1, -0.05) is 12.8 Å². The van der Waals surface area contributed by atoms with E-state index in [-0.39, 0.29) is 30.0 Å². The summed E-state index contributed by atoms with van der Waals surface area (Å²) in [5.41, 5.74) is 12.1. The SMILES string of the molecule is [B][P+]1(O)OC[C@H](C)O[C@@H](n2c(NCCCCCCN)nc3c(N)nc(Cl)nc32)[C@@H](O)CO1. The minimum absolute atomic E-state index is 0.0432. The van der Waals surface area contributed by atoms with Crippen molar-refractivity contribution in [2.75, 3.05) is 37.4 Å². The fraction of sp³-hybridized carbons (Fsp3) is 0.706. The zero-order valence-electron chi connectivity index (χ0n) is 17.9. The normalized spacial score (nSPS) is 27.1. The topological polar surface area (TPSA) is 176 Å². The van der Waals surface area contributed by atoms with E-state index < -0.39 is 26.3 Å². The van der Waals surface area contributed by atoms with E-state index >= 15 is 0 Å². The smallest absolute Gasteiger partial charge is 0.386 e. The number of fused-ring (bicyclic) bond motifs is 1. The summed E-state index contributed by atoms with van der Waals surface area (Å²) in [5, 5.41) is 14.0. The molecule has 0 saturated carbocycles. The number of aliphatic hydroxyl groups is 1. The number of halogens is 1. The first-order chi connectivity index (χ1) is 15.2. The Hall–Kier alpha value is -1.31. The minimum atomic E-state index is -3.58. The molecule has 4 atom stereocenters. The molecule has 0 spiro atoms. The number of nitrogen functional groups attached to an aromatic ring is 1. The fourth-order valence-electron chi connectivity index (χ4n) is 3.27. The quantitative estimate of drug-likeness (QED) is 0.156. The Bertz CT molecular complexity index is 908. The third kappa shape index (κ3) is 6.39. The van der Waals surface area contributed by atoms with Crippen LogP contribution >= 0.6 is 19.4 Å². The molecule has 3 heterocycles. The van der Waals surface area contributed by atoms with E-state index in [1.54, 1.807) is 11.5 Å². The van der Waals surface area contributed by atoms with Crippen molar-refractivity contribution in [3.05, 3.63) is 5.28 Å². The lowest BCUT2D eigenvalue weighted by Crippen LogP contribution is -2.33. The van der Waals surface area contributed by atoms with Crippen molar-refractivity contribution in [3.8, 4) is 0 Å². The van der Waals surface area contributed by atoms with Crippen LogP contribution in [0.25, 0.3) is 11.2 Å². The van der Waals surface area contributed by atoms with E-state index in [0.29, 0.717) is 24.6 Å². The number of rotatable bonds is 8. The van der Waals surface area contributed by atoms with Crippen LogP contribution in [0.5, 0.6) is 0 Å². The van der Waals surface area contributed by atoms with Gasteiger partial charge >= 0.3 is 15.4 Å². The van der Waals surface area contributed by atoms with E-state index in [1.807, 2.05) is 0 Å². The Morgan fingerprint density at radius 1 is 1.22 bits per heavy atom. The van der Waals surface area contributed by atoms with Gasteiger partial charge in [0, 0.05) is 6.54 Å². The first kappa shape index (κ1) is 25.3. The largest absolute Gasteiger partial charge is 0.488 e. The molecule has 1 aliphatic rings. The number of nitrogens with one attached hydrogen (secondary N) is 1. The van der Waals surface area contributed by atoms with Gasteiger partial charge in [-0.05, 0) is 37.9 Å². The van der Waals surface area contributed by atoms with E-state index in [9.17, 15) is 10.00 Å². The second-order valence-corrected chi connectivity index (χ2v) is 9.53. The molecule has 0 amide bonds. The Labute approximate surface area is 192 Å². The molecule has 2 aromatic heterocycles. The number of anilines is 2. The van der Waals surface area contributed by atoms with E-state index in [0.717, 1.165) is 25.7 Å². The average Bonchev–Trinajstić information content (AvgIpc) is 3.10. The molecule has 1 unspecified atom stereocenters. The summed E-state index contributed by atoms with van der Waals surface area (Å²) >= 11 is 6.04. The number of nitrogens with zero attached hydrogens (tertiary/aromatic N) is 4. The zero-order valence-corrected chi connectivity index (χ0v) is 19.5. The summed E-state index contributed by atoms with van der Waals surface area (Å²) in [4.78, 5) is 22.8. The predicted molar refractivity (Wildman–Crippen MR) is 123 cm³/mol. The number of hydrogen-bond acceptors (Lipinski definition) is 11. The van der Waals surface area contributed by atoms with Crippen LogP contribution in [0.3, 0.4) is 0 Å². The lowest BCUT2D eigenvalue weighted by Gasteiger charge is -2.27. The maximum Gasteiger partial charge on any atom is 0.488 e. The molecular formula is C17H29BClN7O5P+. The molecule has 2 aromatic rings. The average molecular weight is 489 g/mol. The second kappa shape index (κ2) is 11.2. The molecule has 176 valence electrons. The first-order valence-electron chi connectivity index (χ1n) is 10.4. The standard InChI is InChI=1S/C17H29BClN7O5P/c1-10-8-29-32(18,28)30-9-11(27)15(31-10)26-14-12(13(21)24-16(19)25-14)23-17(26)22-7-5-3-2-4-6-20/h10-11,15,27-28H,2-9,20H2,1H3,(H,22,23)(H2,21,24,25)/q+1/t10-,11-,15+,32?/m0/s1. The van der Waals surface area contributed by atoms with E-state index in [2.05, 4.69) is 20.3 Å². The van der Waals surface area contributed by atoms with Gasteiger partial charge in [-0.2, -0.15) is 19.0 Å². The monoisotopic (exact) mass is 488 g/mol. The molecular weight excluding hydrogens is 459 g/mol. The highest BCUT2D eigenvalue weighted by Gasteiger charge is 2.40. The van der Waals surface area contributed by atoms with Crippen LogP contribution in [0.2, 0.25) is 5.28 Å². The van der Waals surface area contributed by atoms with Crippen molar-refractivity contribution >= 4 is 49.9 Å². The van der Waals surface area contributed by atoms with Crippen molar-refractivity contribution < 1.29 is 23.8 Å². The summed E-state index contributed by atoms with van der Waals surface area (Å²) in [6, 6.07) is 0. The maximum atomic E-state index is 10.9. The highest BCUT2D eigenvalue weighted by molar-refractivity contribution is 7.85. The molecule has 0 aromatic carbocycles. The number of unbranched alkanes of at least 4 members (excludes halogenated alkanes) is 3. The van der Waals surface area contributed by atoms with Crippen molar-refractivity contribution in [1.82, 2.24) is 19.5 Å². The summed E-state index contributed by atoms with van der Waals surface area (Å²) in [6.45, 7) is 2.61. The highest BCUT2D eigenvalue weighted by Crippen LogP contribution is 2.52. The van der Waals surface area contributed by atoms with Crippen LogP contribution in [-0.2, 0) is 13.8 Å². The molecule has 1 saturated heterocycles. The summed E-state index contributed by atoms with van der Waals surface area (Å²) in [7, 11) is 2.07. The Balaban J connectivity index is 1.94. The van der Waals surface area contributed by atoms with Gasteiger partial charge in [-0.25, -0.2) is 9.88 Å². The number of aromatic nitrogens is 4. The Morgan fingerprint density at radius 3 is 2.69 bits per heavy atom. The molecule has 1 aliphatic heterocycles. The van der Waals surface area contributed by atoms with Crippen LogP contribution < -0.4 is 16.8 Å². The third-order valence-electron chi connectivity index (χ3n) is 4.83. The number of aliphatic hydroxyl groups excluding tert-OH is 1. The summed E-state index contributed by atoms with van der Waals surface area (Å²) in [5.74, 6) is 0.466. The molecule has 0 bridgehead atoms. The number of imidazole rings is 1. The molecule has 0 aliphatic carbocycles. The second-order valence-electron chi connectivity index (χ2n) is 7.55. The first-order valence-corrected chi connectivity index (χ1v) is 12.4. The van der Waals surface area contributed by atoms with Gasteiger partial charge in [0.1, 0.15) is 19.3 Å². The van der Waals surface area contributed by atoms with Crippen molar-refractivity contribution in [1.29, 1.82) is 0 Å². The van der Waals surface area contributed by atoms with Gasteiger partial charge in [-0.3, -0.25) is 4.57 Å². The van der Waals surface area contributed by atoms with Crippen LogP contribution in [0.15, 0.2) is 0 Å². The molecule has 2 radical (unpaired) electrons. The molecule has 1 fully saturated rings. The van der Waals surface area contributed by atoms with Crippen LogP contribution in [0, 0.1) is 0 Å². The zero-order chi connectivity index (χ0) is 23.3. The summed E-state index contributed by atoms with van der Waals surface area (Å²) in [6.07, 6.45) is 1.09. The lowest BCUT2D eigenvalue weighted by atomic mass is 10.2. The summed E-state index contributed by atoms with van der Waals surface area (Å²) < 4.78 is 18.0. The van der Waals surface area contributed by atoms with Gasteiger partial charge in [-0.15, -0.1) is 0 Å². The van der Waals surface area contributed by atoms with Gasteiger partial charge in [0.2, 0.25) is 11.2 Å². The van der Waals surface area contributed by atoms with Gasteiger partial charge in [0.25, 0.3) is 0 Å². The third-order valence-corrected chi connectivity index (χ3v) is 6.04. The van der Waals surface area contributed by atoms with E-state index in [4.69, 9.17) is 44.4 Å². The van der Waals surface area contributed by atoms with Gasteiger partial charge in [0.05, 0.1) is 6.10 Å². The van der Waals surface area contributed by atoms with Crippen molar-refractivity contribution in [2.24, 2.45) is 5.73 Å². The Morgan fingerprint density at radius 2 is 1.94 bits per heavy atom.